The van der Waals surface area contributed by atoms with E-state index in [4.69, 9.17) is 23.4 Å². The Bertz CT molecular complexity index is 1470. The number of ether oxygens (including phenoxy) is 4. The van der Waals surface area contributed by atoms with Crippen LogP contribution in [0.2, 0.25) is 0 Å². The largest absolute Gasteiger partial charge is 0.471 e. The van der Waals surface area contributed by atoms with Gasteiger partial charge in [-0.05, 0) is 30.3 Å². The van der Waals surface area contributed by atoms with Crippen molar-refractivity contribution in [1.82, 2.24) is 9.97 Å². The highest BCUT2D eigenvalue weighted by molar-refractivity contribution is 7.13. The number of nitriles is 1. The molecule has 0 radical (unpaired) electrons. The maximum atomic E-state index is 11.8. The number of rotatable bonds is 8. The maximum absolute atomic E-state index is 11.8. The van der Waals surface area contributed by atoms with E-state index < -0.39 is 5.97 Å². The number of thiophene rings is 1. The van der Waals surface area contributed by atoms with E-state index in [1.54, 1.807) is 18.2 Å². The number of hydrogen-bond donors (Lipinski definition) is 0. The van der Waals surface area contributed by atoms with Crippen molar-refractivity contribution >= 4 is 23.0 Å². The number of morpholine rings is 1. The monoisotopic (exact) mass is 532 g/mol. The van der Waals surface area contributed by atoms with Crippen LogP contribution < -0.4 is 14.4 Å². The molecule has 0 saturated carbocycles. The smallest absolute Gasteiger partial charge is 0.348 e. The molecule has 1 saturated heterocycles. The minimum absolute atomic E-state index is 0.108. The minimum Gasteiger partial charge on any atom is -0.471 e. The van der Waals surface area contributed by atoms with Crippen LogP contribution in [0.5, 0.6) is 11.8 Å². The van der Waals surface area contributed by atoms with E-state index in [9.17, 15) is 10.1 Å². The Morgan fingerprint density at radius 3 is 2.63 bits per heavy atom. The third-order valence-corrected chi connectivity index (χ3v) is 6.99. The highest BCUT2D eigenvalue weighted by Gasteiger charge is 2.21. The number of pyridine rings is 1. The Kier molecular flexibility index (Phi) is 7.53. The van der Waals surface area contributed by atoms with Crippen molar-refractivity contribution in [3.8, 4) is 40.6 Å². The topological polar surface area (TPSA) is 120 Å². The van der Waals surface area contributed by atoms with Crippen LogP contribution in [-0.2, 0) is 16.1 Å². The number of benzene rings is 1. The zero-order valence-corrected chi connectivity index (χ0v) is 21.6. The van der Waals surface area contributed by atoms with Gasteiger partial charge in [0.2, 0.25) is 11.8 Å². The van der Waals surface area contributed by atoms with Gasteiger partial charge in [0.25, 0.3) is 0 Å². The van der Waals surface area contributed by atoms with Crippen molar-refractivity contribution in [3.63, 3.8) is 0 Å². The standard InChI is InChI=1S/C27H24N4O6S/c1-33-24-15-29-25(37-24)20-13-22(17-3-5-18(6-4-17)31-9-11-35-12-10-31)30-26(21(20)14-28)36-16-19-7-8-23(38-19)27(32)34-2/h3-8,13,15H,9-12,16H2,1-2H3. The second-order valence-corrected chi connectivity index (χ2v) is 9.40. The van der Waals surface area contributed by atoms with E-state index in [1.165, 1.54) is 31.8 Å². The molecule has 1 aromatic carbocycles. The molecule has 5 rings (SSSR count). The highest BCUT2D eigenvalue weighted by atomic mass is 32.1. The number of aromatic nitrogens is 2. The Balaban J connectivity index is 1.50. The summed E-state index contributed by atoms with van der Waals surface area (Å²) in [5.74, 6) is 0.136. The zero-order valence-electron chi connectivity index (χ0n) is 20.8. The predicted molar refractivity (Wildman–Crippen MR) is 139 cm³/mol. The molecule has 38 heavy (non-hydrogen) atoms. The first-order valence-corrected chi connectivity index (χ1v) is 12.6. The van der Waals surface area contributed by atoms with Crippen LogP contribution in [0, 0.1) is 11.3 Å². The summed E-state index contributed by atoms with van der Waals surface area (Å²) in [6, 6.07) is 15.4. The summed E-state index contributed by atoms with van der Waals surface area (Å²) in [6.07, 6.45) is 1.44. The van der Waals surface area contributed by atoms with Gasteiger partial charge in [-0.2, -0.15) is 5.26 Å². The van der Waals surface area contributed by atoms with Crippen LogP contribution in [0.25, 0.3) is 22.7 Å². The van der Waals surface area contributed by atoms with E-state index in [2.05, 4.69) is 20.9 Å². The molecule has 3 aromatic heterocycles. The molecule has 11 heteroatoms. The molecule has 4 aromatic rings. The van der Waals surface area contributed by atoms with Gasteiger partial charge >= 0.3 is 11.9 Å². The third kappa shape index (κ3) is 5.32. The molecule has 1 aliphatic heterocycles. The number of esters is 1. The van der Waals surface area contributed by atoms with Crippen molar-refractivity contribution in [3.05, 3.63) is 64.0 Å². The summed E-state index contributed by atoms with van der Waals surface area (Å²) in [5, 5.41) is 10.0. The summed E-state index contributed by atoms with van der Waals surface area (Å²) < 4.78 is 27.1. The molecule has 1 fully saturated rings. The van der Waals surface area contributed by atoms with Crippen LogP contribution in [0.1, 0.15) is 20.1 Å². The molecule has 194 valence electrons. The van der Waals surface area contributed by atoms with Gasteiger partial charge in [-0.1, -0.05) is 12.1 Å². The number of methoxy groups -OCH3 is 2. The number of hydrogen-bond acceptors (Lipinski definition) is 11. The molecule has 0 N–H and O–H groups in total. The normalized spacial score (nSPS) is 13.1. The fraction of sp³-hybridized carbons (Fsp3) is 0.259. The van der Waals surface area contributed by atoms with Gasteiger partial charge in [0.1, 0.15) is 29.3 Å². The lowest BCUT2D eigenvalue weighted by atomic mass is 10.0. The van der Waals surface area contributed by atoms with Gasteiger partial charge in [-0.3, -0.25) is 0 Å². The van der Waals surface area contributed by atoms with E-state index in [-0.39, 0.29) is 29.9 Å². The van der Waals surface area contributed by atoms with Crippen LogP contribution in [-0.4, -0.2) is 56.5 Å². The van der Waals surface area contributed by atoms with Crippen LogP contribution in [0.4, 0.5) is 5.69 Å². The first kappa shape index (κ1) is 25.3. The second-order valence-electron chi connectivity index (χ2n) is 8.23. The van der Waals surface area contributed by atoms with Crippen LogP contribution in [0.3, 0.4) is 0 Å². The molecule has 0 unspecified atom stereocenters. The van der Waals surface area contributed by atoms with Gasteiger partial charge in [-0.15, -0.1) is 11.3 Å². The maximum Gasteiger partial charge on any atom is 0.348 e. The summed E-state index contributed by atoms with van der Waals surface area (Å²) >= 11 is 1.25. The second kappa shape index (κ2) is 11.3. The van der Waals surface area contributed by atoms with Gasteiger partial charge in [0.15, 0.2) is 0 Å². The zero-order chi connectivity index (χ0) is 26.5. The summed E-state index contributed by atoms with van der Waals surface area (Å²) in [4.78, 5) is 24.3. The molecule has 10 nitrogen and oxygen atoms in total. The van der Waals surface area contributed by atoms with Gasteiger partial charge in [0, 0.05) is 29.2 Å². The average molecular weight is 533 g/mol. The Morgan fingerprint density at radius 2 is 1.95 bits per heavy atom. The molecular formula is C27H24N4O6S. The number of oxazole rings is 1. The third-order valence-electron chi connectivity index (χ3n) is 5.95. The first-order chi connectivity index (χ1) is 18.6. The lowest BCUT2D eigenvalue weighted by molar-refractivity contribution is 0.0606. The Hall–Kier alpha value is -4.40. The van der Waals surface area contributed by atoms with E-state index in [1.807, 2.05) is 24.3 Å². The fourth-order valence-electron chi connectivity index (χ4n) is 4.00. The molecule has 0 spiro atoms. The predicted octanol–water partition coefficient (Wildman–Crippen LogP) is 4.55. The fourth-order valence-corrected chi connectivity index (χ4v) is 4.84. The molecule has 0 bridgehead atoms. The van der Waals surface area contributed by atoms with E-state index >= 15 is 0 Å². The molecule has 0 atom stereocenters. The van der Waals surface area contributed by atoms with E-state index in [0.29, 0.717) is 29.3 Å². The highest BCUT2D eigenvalue weighted by Crippen LogP contribution is 2.35. The number of nitrogens with zero attached hydrogens (tertiary/aromatic N) is 4. The Morgan fingerprint density at radius 1 is 1.16 bits per heavy atom. The molecule has 0 amide bonds. The molecular weight excluding hydrogens is 508 g/mol. The SMILES string of the molecule is COC(=O)c1ccc(COc2nc(-c3ccc(N4CCOCC4)cc3)cc(-c3ncc(OC)o3)c2C#N)s1. The summed E-state index contributed by atoms with van der Waals surface area (Å²) in [7, 11) is 2.81. The van der Waals surface area contributed by atoms with Crippen molar-refractivity contribution in [2.75, 3.05) is 45.4 Å². The summed E-state index contributed by atoms with van der Waals surface area (Å²) in [5.41, 5.74) is 3.11. The van der Waals surface area contributed by atoms with E-state index in [0.717, 1.165) is 29.2 Å². The lowest BCUT2D eigenvalue weighted by Gasteiger charge is -2.28. The van der Waals surface area contributed by atoms with Crippen molar-refractivity contribution in [2.24, 2.45) is 0 Å². The van der Waals surface area contributed by atoms with Gasteiger partial charge in [-0.25, -0.2) is 14.8 Å². The molecule has 0 aliphatic carbocycles. The number of anilines is 1. The first-order valence-electron chi connectivity index (χ1n) is 11.8. The quantitative estimate of drug-likeness (QED) is 0.299. The van der Waals surface area contributed by atoms with Crippen molar-refractivity contribution in [1.29, 1.82) is 5.26 Å². The van der Waals surface area contributed by atoms with Crippen molar-refractivity contribution < 1.29 is 28.2 Å². The van der Waals surface area contributed by atoms with Gasteiger partial charge in [0.05, 0.1) is 38.7 Å². The summed E-state index contributed by atoms with van der Waals surface area (Å²) in [6.45, 7) is 3.19. The van der Waals surface area contributed by atoms with Gasteiger partial charge < -0.3 is 28.3 Å². The van der Waals surface area contributed by atoms with Crippen LogP contribution in [0.15, 0.2) is 53.1 Å². The Labute approximate surface area is 223 Å². The number of carbonyl (C=O) groups is 1. The lowest BCUT2D eigenvalue weighted by Crippen LogP contribution is -2.36. The van der Waals surface area contributed by atoms with Crippen LogP contribution >= 0.6 is 11.3 Å². The molecule has 1 aliphatic rings. The molecule has 4 heterocycles. The minimum atomic E-state index is -0.417. The van der Waals surface area contributed by atoms with Crippen molar-refractivity contribution in [2.45, 2.75) is 6.61 Å². The number of carbonyl (C=O) groups excluding carboxylic acids is 1. The average Bonchev–Trinajstić information content (AvgIpc) is 3.66.